The van der Waals surface area contributed by atoms with Gasteiger partial charge in [-0.25, -0.2) is 19.3 Å². The molecule has 160 valence electrons. The molecule has 0 aliphatic heterocycles. The molecule has 0 bridgehead atoms. The summed E-state index contributed by atoms with van der Waals surface area (Å²) in [5.74, 6) is 1.35. The Morgan fingerprint density at radius 3 is 2.73 bits per heavy atom. The van der Waals surface area contributed by atoms with Crippen LogP contribution in [-0.2, 0) is 4.74 Å². The molecule has 3 rings (SSSR count). The van der Waals surface area contributed by atoms with Gasteiger partial charge in [0.25, 0.3) is 0 Å². The van der Waals surface area contributed by atoms with Crippen LogP contribution in [0.25, 0.3) is 16.8 Å². The molecule has 9 nitrogen and oxygen atoms in total. The van der Waals surface area contributed by atoms with Crippen molar-refractivity contribution in [3.05, 3.63) is 36.8 Å². The average molecular weight is 412 g/mol. The van der Waals surface area contributed by atoms with Crippen molar-refractivity contribution in [2.24, 2.45) is 0 Å². The number of carbonyl (C=O) groups excluding carboxylic acids is 1. The van der Waals surface area contributed by atoms with Crippen molar-refractivity contribution in [1.29, 1.82) is 0 Å². The molecular weight excluding hydrogens is 384 g/mol. The standard InChI is InChI=1S/C21H28N6O3/c1-15(2)30-21(28)26(4)12-7-11-25(3)18-9-13-27-19(24-18)17(14-23-27)16-8-6-10-22-20(16)29-5/h6,8-10,13-15H,7,11-12H2,1-5H3. The van der Waals surface area contributed by atoms with Crippen LogP contribution in [0.2, 0.25) is 0 Å². The van der Waals surface area contributed by atoms with E-state index in [1.807, 2.05) is 45.3 Å². The van der Waals surface area contributed by atoms with Gasteiger partial charge < -0.3 is 19.3 Å². The van der Waals surface area contributed by atoms with E-state index in [1.54, 1.807) is 36.0 Å². The highest BCUT2D eigenvalue weighted by molar-refractivity contribution is 5.80. The third-order valence-corrected chi connectivity index (χ3v) is 4.64. The number of hydrogen-bond acceptors (Lipinski definition) is 7. The largest absolute Gasteiger partial charge is 0.481 e. The number of nitrogens with zero attached hydrogens (tertiary/aromatic N) is 6. The maximum atomic E-state index is 11.9. The topological polar surface area (TPSA) is 85.1 Å². The zero-order chi connectivity index (χ0) is 21.7. The summed E-state index contributed by atoms with van der Waals surface area (Å²) in [4.78, 5) is 24.6. The number of amides is 1. The fourth-order valence-electron chi connectivity index (χ4n) is 3.06. The van der Waals surface area contributed by atoms with Gasteiger partial charge in [-0.2, -0.15) is 5.10 Å². The molecule has 0 spiro atoms. The summed E-state index contributed by atoms with van der Waals surface area (Å²) in [5.41, 5.74) is 2.42. The van der Waals surface area contributed by atoms with Gasteiger partial charge in [0.05, 0.1) is 25.0 Å². The Morgan fingerprint density at radius 1 is 1.20 bits per heavy atom. The normalized spacial score (nSPS) is 11.0. The van der Waals surface area contributed by atoms with E-state index in [2.05, 4.69) is 15.0 Å². The van der Waals surface area contributed by atoms with Gasteiger partial charge >= 0.3 is 6.09 Å². The molecule has 3 heterocycles. The molecule has 1 amide bonds. The van der Waals surface area contributed by atoms with Crippen molar-refractivity contribution < 1.29 is 14.3 Å². The number of aromatic nitrogens is 4. The molecule has 0 atom stereocenters. The van der Waals surface area contributed by atoms with Crippen molar-refractivity contribution in [3.8, 4) is 17.0 Å². The fourth-order valence-corrected chi connectivity index (χ4v) is 3.06. The van der Waals surface area contributed by atoms with Gasteiger partial charge in [-0.1, -0.05) is 0 Å². The summed E-state index contributed by atoms with van der Waals surface area (Å²) in [6.45, 7) is 5.02. The number of rotatable bonds is 8. The number of carbonyl (C=O) groups is 1. The summed E-state index contributed by atoms with van der Waals surface area (Å²) in [5, 5.41) is 4.39. The Bertz CT molecular complexity index is 1000. The van der Waals surface area contributed by atoms with E-state index in [4.69, 9.17) is 14.5 Å². The Morgan fingerprint density at radius 2 is 2.00 bits per heavy atom. The van der Waals surface area contributed by atoms with Gasteiger partial charge in [-0.05, 0) is 38.5 Å². The van der Waals surface area contributed by atoms with Crippen molar-refractivity contribution in [2.45, 2.75) is 26.4 Å². The van der Waals surface area contributed by atoms with Crippen molar-refractivity contribution in [2.75, 3.05) is 39.2 Å². The van der Waals surface area contributed by atoms with Gasteiger partial charge in [0.2, 0.25) is 5.88 Å². The van der Waals surface area contributed by atoms with E-state index in [-0.39, 0.29) is 12.2 Å². The minimum Gasteiger partial charge on any atom is -0.481 e. The third-order valence-electron chi connectivity index (χ3n) is 4.64. The monoisotopic (exact) mass is 412 g/mol. The molecule has 30 heavy (non-hydrogen) atoms. The van der Waals surface area contributed by atoms with Crippen LogP contribution in [0, 0.1) is 0 Å². The predicted octanol–water partition coefficient (Wildman–Crippen LogP) is 3.10. The van der Waals surface area contributed by atoms with E-state index >= 15 is 0 Å². The highest BCUT2D eigenvalue weighted by Gasteiger charge is 2.15. The second kappa shape index (κ2) is 9.43. The molecule has 0 aromatic carbocycles. The highest BCUT2D eigenvalue weighted by atomic mass is 16.6. The SMILES string of the molecule is COc1ncccc1-c1cnn2ccc(N(C)CCCN(C)C(=O)OC(C)C)nc12. The van der Waals surface area contributed by atoms with E-state index in [1.165, 1.54) is 0 Å². The first kappa shape index (κ1) is 21.4. The molecule has 0 radical (unpaired) electrons. The third kappa shape index (κ3) is 4.79. The number of pyridine rings is 1. The fraction of sp³-hybridized carbons (Fsp3) is 0.429. The highest BCUT2D eigenvalue weighted by Crippen LogP contribution is 2.30. The number of hydrogen-bond donors (Lipinski definition) is 0. The maximum absolute atomic E-state index is 11.9. The van der Waals surface area contributed by atoms with E-state index < -0.39 is 0 Å². The number of ether oxygens (including phenoxy) is 2. The van der Waals surface area contributed by atoms with Crippen molar-refractivity contribution in [1.82, 2.24) is 24.5 Å². The van der Waals surface area contributed by atoms with Crippen LogP contribution in [0.15, 0.2) is 36.8 Å². The zero-order valence-corrected chi connectivity index (χ0v) is 18.1. The molecule has 0 N–H and O–H groups in total. The lowest BCUT2D eigenvalue weighted by atomic mass is 10.1. The van der Waals surface area contributed by atoms with Crippen molar-refractivity contribution in [3.63, 3.8) is 0 Å². The van der Waals surface area contributed by atoms with Gasteiger partial charge in [0.1, 0.15) is 5.82 Å². The van der Waals surface area contributed by atoms with Gasteiger partial charge in [-0.3, -0.25) is 0 Å². The van der Waals surface area contributed by atoms with Gasteiger partial charge in [0.15, 0.2) is 5.65 Å². The first-order valence-electron chi connectivity index (χ1n) is 9.87. The van der Waals surface area contributed by atoms with Crippen LogP contribution < -0.4 is 9.64 Å². The molecule has 0 aliphatic carbocycles. The molecular formula is C21H28N6O3. The van der Waals surface area contributed by atoms with Crippen molar-refractivity contribution >= 4 is 17.6 Å². The Balaban J connectivity index is 1.71. The quantitative estimate of drug-likeness (QED) is 0.562. The first-order valence-corrected chi connectivity index (χ1v) is 9.87. The molecule has 0 aliphatic rings. The summed E-state index contributed by atoms with van der Waals surface area (Å²) in [6, 6.07) is 5.71. The summed E-state index contributed by atoms with van der Waals surface area (Å²) < 4.78 is 12.3. The molecule has 0 fully saturated rings. The van der Waals surface area contributed by atoms with Crippen LogP contribution in [0.3, 0.4) is 0 Å². The minimum atomic E-state index is -0.304. The average Bonchev–Trinajstić information content (AvgIpc) is 3.16. The lowest BCUT2D eigenvalue weighted by Gasteiger charge is -2.22. The second-order valence-electron chi connectivity index (χ2n) is 7.30. The van der Waals surface area contributed by atoms with Crippen LogP contribution in [0.4, 0.5) is 10.6 Å². The summed E-state index contributed by atoms with van der Waals surface area (Å²) in [7, 11) is 5.32. The smallest absolute Gasteiger partial charge is 0.409 e. The second-order valence-corrected chi connectivity index (χ2v) is 7.30. The maximum Gasteiger partial charge on any atom is 0.409 e. The van der Waals surface area contributed by atoms with Crippen LogP contribution in [0.5, 0.6) is 5.88 Å². The lowest BCUT2D eigenvalue weighted by Crippen LogP contribution is -2.32. The molecule has 0 saturated carbocycles. The van der Waals surface area contributed by atoms with Gasteiger partial charge in [-0.15, -0.1) is 0 Å². The summed E-state index contributed by atoms with van der Waals surface area (Å²) >= 11 is 0. The molecule has 9 heteroatoms. The van der Waals surface area contributed by atoms with E-state index in [9.17, 15) is 4.79 Å². The minimum absolute atomic E-state index is 0.123. The van der Waals surface area contributed by atoms with E-state index in [0.717, 1.165) is 35.6 Å². The lowest BCUT2D eigenvalue weighted by molar-refractivity contribution is 0.0839. The Kier molecular flexibility index (Phi) is 6.71. The molecule has 3 aromatic rings. The number of fused-ring (bicyclic) bond motifs is 1. The Hall–Kier alpha value is -3.36. The summed E-state index contributed by atoms with van der Waals surface area (Å²) in [6.07, 6.45) is 5.70. The van der Waals surface area contributed by atoms with Crippen LogP contribution >= 0.6 is 0 Å². The number of anilines is 1. The van der Waals surface area contributed by atoms with Crippen LogP contribution in [-0.4, -0.2) is 71.0 Å². The molecule has 3 aromatic heterocycles. The van der Waals surface area contributed by atoms with E-state index in [0.29, 0.717) is 12.4 Å². The van der Waals surface area contributed by atoms with Gasteiger partial charge in [0, 0.05) is 45.1 Å². The molecule has 0 saturated heterocycles. The van der Waals surface area contributed by atoms with Crippen LogP contribution in [0.1, 0.15) is 20.3 Å². The molecule has 0 unspecified atom stereocenters. The Labute approximate surface area is 176 Å². The zero-order valence-electron chi connectivity index (χ0n) is 18.1. The predicted molar refractivity (Wildman–Crippen MR) is 115 cm³/mol. The first-order chi connectivity index (χ1) is 14.4. The number of methoxy groups -OCH3 is 1.